The van der Waals surface area contributed by atoms with E-state index in [1.807, 2.05) is 0 Å². The summed E-state index contributed by atoms with van der Waals surface area (Å²) in [5.41, 5.74) is 8.50. The van der Waals surface area contributed by atoms with Gasteiger partial charge in [0.05, 0.1) is 20.8 Å². The maximum atomic E-state index is 16.9. The SMILES string of the molecule is C=C1CN2CC(=C)CC2(COc2nc(N3CC4CCC(C3)N4)c3cc(Cl)c(-c4ccc(F)c5sc(N)c(C#N)c45)c(F)c3n2)C1. The number of anilines is 2. The van der Waals surface area contributed by atoms with Crippen molar-refractivity contribution < 1.29 is 13.5 Å². The second-order valence-corrected chi connectivity index (χ2v) is 14.3. The second-order valence-electron chi connectivity index (χ2n) is 12.8. The number of rotatable bonds is 5. The van der Waals surface area contributed by atoms with Gasteiger partial charge in [-0.25, -0.2) is 8.78 Å². The van der Waals surface area contributed by atoms with Crippen LogP contribution in [0, 0.1) is 23.0 Å². The molecule has 2 aromatic heterocycles. The van der Waals surface area contributed by atoms with Gasteiger partial charge < -0.3 is 20.7 Å². The fourth-order valence-electron chi connectivity index (χ4n) is 7.84. The fraction of sp³-hybridized carbons (Fsp3) is 0.364. The Labute approximate surface area is 267 Å². The molecule has 230 valence electrons. The number of nitrogens with two attached hydrogens (primary N) is 1. The highest BCUT2D eigenvalue weighted by atomic mass is 35.5. The first-order valence-corrected chi connectivity index (χ1v) is 16.2. The summed E-state index contributed by atoms with van der Waals surface area (Å²) in [6.07, 6.45) is 3.69. The van der Waals surface area contributed by atoms with Gasteiger partial charge in [-0.1, -0.05) is 42.0 Å². The number of piperazine rings is 1. The molecule has 4 fully saturated rings. The molecule has 8 nitrogen and oxygen atoms in total. The fourth-order valence-corrected chi connectivity index (χ4v) is 9.09. The van der Waals surface area contributed by atoms with Crippen LogP contribution >= 0.6 is 22.9 Å². The van der Waals surface area contributed by atoms with E-state index in [0.717, 1.165) is 61.3 Å². The minimum absolute atomic E-state index is 0.0170. The van der Waals surface area contributed by atoms with Crippen molar-refractivity contribution in [2.75, 3.05) is 43.4 Å². The lowest BCUT2D eigenvalue weighted by Crippen LogP contribution is -2.51. The van der Waals surface area contributed by atoms with Gasteiger partial charge in [0, 0.05) is 54.6 Å². The molecule has 0 radical (unpaired) electrons. The monoisotopic (exact) mass is 645 g/mol. The summed E-state index contributed by atoms with van der Waals surface area (Å²) in [6.45, 7) is 11.7. The zero-order valence-electron chi connectivity index (χ0n) is 24.4. The molecule has 0 saturated carbocycles. The second kappa shape index (κ2) is 10.4. The molecule has 0 aliphatic carbocycles. The van der Waals surface area contributed by atoms with Crippen molar-refractivity contribution in [2.24, 2.45) is 0 Å². The van der Waals surface area contributed by atoms with Crippen molar-refractivity contribution >= 4 is 54.7 Å². The number of halogens is 3. The van der Waals surface area contributed by atoms with Crippen LogP contribution in [0.1, 0.15) is 31.2 Å². The minimum atomic E-state index is -0.700. The number of hydrogen-bond acceptors (Lipinski definition) is 9. The molecule has 0 spiro atoms. The summed E-state index contributed by atoms with van der Waals surface area (Å²) in [5.74, 6) is -0.687. The molecule has 2 aromatic carbocycles. The highest BCUT2D eigenvalue weighted by Crippen LogP contribution is 2.47. The van der Waals surface area contributed by atoms with Crippen molar-refractivity contribution in [1.82, 2.24) is 20.2 Å². The van der Waals surface area contributed by atoms with Gasteiger partial charge in [-0.2, -0.15) is 15.2 Å². The summed E-state index contributed by atoms with van der Waals surface area (Å²) in [5, 5.41) is 14.4. The van der Waals surface area contributed by atoms with Crippen LogP contribution in [0.25, 0.3) is 32.1 Å². The van der Waals surface area contributed by atoms with Crippen LogP contribution in [-0.2, 0) is 0 Å². The van der Waals surface area contributed by atoms with E-state index in [4.69, 9.17) is 27.1 Å². The van der Waals surface area contributed by atoms with Gasteiger partial charge in [0.25, 0.3) is 0 Å². The van der Waals surface area contributed by atoms with E-state index in [2.05, 4.69) is 39.3 Å². The van der Waals surface area contributed by atoms with E-state index in [1.54, 1.807) is 6.07 Å². The maximum absolute atomic E-state index is 16.9. The van der Waals surface area contributed by atoms with E-state index in [0.29, 0.717) is 43.0 Å². The van der Waals surface area contributed by atoms with Crippen molar-refractivity contribution in [3.8, 4) is 23.2 Å². The van der Waals surface area contributed by atoms with Gasteiger partial charge in [-0.05, 0) is 43.4 Å². The number of thiophene rings is 1. The molecule has 2 atom stereocenters. The van der Waals surface area contributed by atoms with Gasteiger partial charge in [-0.15, -0.1) is 11.3 Å². The van der Waals surface area contributed by atoms with Crippen LogP contribution in [0.5, 0.6) is 6.01 Å². The Kier molecular flexibility index (Phi) is 6.59. The van der Waals surface area contributed by atoms with Crippen LogP contribution in [0.3, 0.4) is 0 Å². The lowest BCUT2D eigenvalue weighted by Gasteiger charge is -2.34. The average molecular weight is 646 g/mol. The molecule has 4 aliphatic heterocycles. The predicted molar refractivity (Wildman–Crippen MR) is 174 cm³/mol. The van der Waals surface area contributed by atoms with Crippen molar-refractivity contribution in [2.45, 2.75) is 43.3 Å². The standard InChI is InChI=1S/C33H30ClF2N7OS/c1-16-8-33(9-17(2)12-43(33)11-16)15-44-32-40-28-21(31(41-32)42-13-18-3-4-19(14-42)39-18)7-23(34)26(27(28)36)20-5-6-24(35)29-25(20)22(10-37)30(38)45-29/h5-7,18-19,39H,1-4,8-9,11-15,38H2. The van der Waals surface area contributed by atoms with Gasteiger partial charge in [0.15, 0.2) is 5.82 Å². The van der Waals surface area contributed by atoms with Crippen LogP contribution in [0.4, 0.5) is 19.6 Å². The molecule has 3 N–H and O–H groups in total. The normalized spacial score (nSPS) is 22.5. The van der Waals surface area contributed by atoms with E-state index in [1.165, 1.54) is 12.1 Å². The molecule has 12 heteroatoms. The molecule has 2 bridgehead atoms. The largest absolute Gasteiger partial charge is 0.461 e. The van der Waals surface area contributed by atoms with Crippen LogP contribution in [0.2, 0.25) is 5.02 Å². The van der Waals surface area contributed by atoms with Crippen molar-refractivity contribution in [3.63, 3.8) is 0 Å². The van der Waals surface area contributed by atoms with E-state index >= 15 is 4.39 Å². The van der Waals surface area contributed by atoms with Gasteiger partial charge in [0.2, 0.25) is 0 Å². The summed E-state index contributed by atoms with van der Waals surface area (Å²) in [7, 11) is 0. The lowest BCUT2D eigenvalue weighted by molar-refractivity contribution is 0.108. The molecule has 4 aromatic rings. The average Bonchev–Trinajstić information content (AvgIpc) is 3.70. The first-order valence-electron chi connectivity index (χ1n) is 15.0. The summed E-state index contributed by atoms with van der Waals surface area (Å²) in [4.78, 5) is 14.0. The predicted octanol–water partition coefficient (Wildman–Crippen LogP) is 6.18. The molecular formula is C33H30ClF2N7OS. The Morgan fingerprint density at radius 2 is 1.87 bits per heavy atom. The zero-order chi connectivity index (χ0) is 31.2. The molecule has 8 rings (SSSR count). The van der Waals surface area contributed by atoms with Crippen molar-refractivity contribution in [1.29, 1.82) is 5.26 Å². The van der Waals surface area contributed by atoms with Gasteiger partial charge in [-0.3, -0.25) is 4.90 Å². The van der Waals surface area contributed by atoms with E-state index in [9.17, 15) is 9.65 Å². The van der Waals surface area contributed by atoms with Gasteiger partial charge >= 0.3 is 6.01 Å². The topological polar surface area (TPSA) is 103 Å². The Morgan fingerprint density at radius 3 is 2.56 bits per heavy atom. The Bertz CT molecular complexity index is 1970. The van der Waals surface area contributed by atoms with E-state index in [-0.39, 0.29) is 53.9 Å². The third-order valence-electron chi connectivity index (χ3n) is 9.69. The molecule has 4 saturated heterocycles. The number of benzene rings is 2. The smallest absolute Gasteiger partial charge is 0.319 e. The number of hydrogen-bond donors (Lipinski definition) is 2. The highest BCUT2D eigenvalue weighted by Gasteiger charge is 2.48. The van der Waals surface area contributed by atoms with E-state index < -0.39 is 11.6 Å². The number of ether oxygens (including phenoxy) is 1. The quantitative estimate of drug-likeness (QED) is 0.248. The summed E-state index contributed by atoms with van der Waals surface area (Å²) >= 11 is 7.81. The number of aromatic nitrogens is 2. The van der Waals surface area contributed by atoms with Gasteiger partial charge in [0.1, 0.15) is 34.8 Å². The van der Waals surface area contributed by atoms with Crippen molar-refractivity contribution in [3.05, 3.63) is 64.7 Å². The molecule has 4 aliphatic rings. The number of fused-ring (bicyclic) bond motifs is 5. The third-order valence-corrected chi connectivity index (χ3v) is 11.0. The number of nitrogen functional groups attached to an aromatic ring is 1. The lowest BCUT2D eigenvalue weighted by atomic mass is 9.92. The molecule has 0 amide bonds. The van der Waals surface area contributed by atoms with Crippen LogP contribution in [-0.4, -0.2) is 65.3 Å². The number of nitrogens with zero attached hydrogens (tertiary/aromatic N) is 5. The Balaban J connectivity index is 1.29. The first kappa shape index (κ1) is 28.6. The first-order chi connectivity index (χ1) is 21.6. The third kappa shape index (κ3) is 4.49. The summed E-state index contributed by atoms with van der Waals surface area (Å²) < 4.78 is 38.3. The van der Waals surface area contributed by atoms with Crippen LogP contribution in [0.15, 0.2) is 42.5 Å². The minimum Gasteiger partial charge on any atom is -0.461 e. The maximum Gasteiger partial charge on any atom is 0.319 e. The number of nitriles is 1. The Morgan fingerprint density at radius 1 is 1.16 bits per heavy atom. The zero-order valence-corrected chi connectivity index (χ0v) is 26.0. The van der Waals surface area contributed by atoms with Crippen LogP contribution < -0.4 is 20.7 Å². The Hall–Kier alpha value is -3.82. The molecular weight excluding hydrogens is 616 g/mol. The molecule has 2 unspecified atom stereocenters. The highest BCUT2D eigenvalue weighted by molar-refractivity contribution is 7.23. The number of nitrogens with one attached hydrogen (secondary N) is 1. The molecule has 45 heavy (non-hydrogen) atoms. The summed E-state index contributed by atoms with van der Waals surface area (Å²) in [6, 6.07) is 7.07. The molecule has 6 heterocycles.